The van der Waals surface area contributed by atoms with E-state index in [1.807, 2.05) is 0 Å². The molecule has 2 aliphatic heterocycles. The molecule has 2 heterocycles. The average Bonchev–Trinajstić information content (AvgIpc) is 3.07. The third-order valence-corrected chi connectivity index (χ3v) is 4.98. The molecule has 30 heavy (non-hydrogen) atoms. The molecule has 0 aromatic heterocycles. The Labute approximate surface area is 175 Å². The summed E-state index contributed by atoms with van der Waals surface area (Å²) in [7, 11) is 0. The maximum Gasteiger partial charge on any atom is 0.412 e. The van der Waals surface area contributed by atoms with E-state index in [0.29, 0.717) is 11.3 Å². The molecule has 0 bridgehead atoms. The van der Waals surface area contributed by atoms with Gasteiger partial charge in [0.25, 0.3) is 11.8 Å². The van der Waals surface area contributed by atoms with Crippen molar-refractivity contribution in [1.29, 1.82) is 0 Å². The van der Waals surface area contributed by atoms with Crippen LogP contribution in [0.1, 0.15) is 68.2 Å². The van der Waals surface area contributed by atoms with Gasteiger partial charge in [-0.05, 0) is 65.7 Å². The molecule has 0 saturated carbocycles. The molecule has 1 saturated heterocycles. The largest absolute Gasteiger partial charge is 0.444 e. The minimum atomic E-state index is -0.914. The van der Waals surface area contributed by atoms with Crippen molar-refractivity contribution in [1.82, 2.24) is 9.80 Å². The number of allylic oxidation sites excluding steroid dienone is 1. The van der Waals surface area contributed by atoms with Crippen molar-refractivity contribution >= 4 is 17.9 Å². The van der Waals surface area contributed by atoms with Crippen LogP contribution < -0.4 is 0 Å². The first-order chi connectivity index (χ1) is 13.9. The number of carbonyl (C=O) groups excluding carboxylic acids is 3. The molecule has 0 aliphatic carbocycles. The lowest BCUT2D eigenvalue weighted by Gasteiger charge is -2.35. The molecule has 0 unspecified atom stereocenters. The van der Waals surface area contributed by atoms with Gasteiger partial charge in [0.15, 0.2) is 5.95 Å². The van der Waals surface area contributed by atoms with Crippen molar-refractivity contribution in [3.05, 3.63) is 47.4 Å². The van der Waals surface area contributed by atoms with Crippen LogP contribution in [-0.4, -0.2) is 51.7 Å². The molecule has 2 aliphatic rings. The number of amides is 3. The molecule has 7 nitrogen and oxygen atoms in total. The maximum absolute atomic E-state index is 14.7. The summed E-state index contributed by atoms with van der Waals surface area (Å²) in [6, 6.07) is 5.94. The molecule has 0 N–H and O–H groups in total. The lowest BCUT2D eigenvalue weighted by molar-refractivity contribution is -0.0626. The Morgan fingerprint density at radius 3 is 2.33 bits per heavy atom. The number of hydrogen-bond acceptors (Lipinski definition) is 5. The first-order valence-corrected chi connectivity index (χ1v) is 9.92. The number of halogens is 1. The van der Waals surface area contributed by atoms with Gasteiger partial charge in [-0.1, -0.05) is 12.1 Å². The van der Waals surface area contributed by atoms with Gasteiger partial charge in [-0.2, -0.15) is 4.39 Å². The fourth-order valence-corrected chi connectivity index (χ4v) is 3.65. The van der Waals surface area contributed by atoms with Crippen molar-refractivity contribution in [3.63, 3.8) is 0 Å². The summed E-state index contributed by atoms with van der Waals surface area (Å²) < 4.78 is 25.9. The summed E-state index contributed by atoms with van der Waals surface area (Å²) in [5.41, 5.74) is -1.13. The second-order valence-electron chi connectivity index (χ2n) is 8.86. The van der Waals surface area contributed by atoms with E-state index in [2.05, 4.69) is 0 Å². The van der Waals surface area contributed by atoms with Crippen LogP contribution in [0.25, 0.3) is 0 Å². The van der Waals surface area contributed by atoms with E-state index in [0.717, 1.165) is 0 Å². The Balaban J connectivity index is 1.68. The van der Waals surface area contributed by atoms with Gasteiger partial charge in [0.2, 0.25) is 0 Å². The molecular formula is C22H27FN2O5. The van der Waals surface area contributed by atoms with Gasteiger partial charge in [-0.3, -0.25) is 14.5 Å². The van der Waals surface area contributed by atoms with Gasteiger partial charge < -0.3 is 9.47 Å². The average molecular weight is 418 g/mol. The molecule has 3 rings (SSSR count). The zero-order valence-electron chi connectivity index (χ0n) is 17.9. The second kappa shape index (κ2) is 7.83. The predicted octanol–water partition coefficient (Wildman–Crippen LogP) is 4.25. The van der Waals surface area contributed by atoms with Crippen molar-refractivity contribution < 1.29 is 28.2 Å². The van der Waals surface area contributed by atoms with Crippen LogP contribution in [0.3, 0.4) is 0 Å². The summed E-state index contributed by atoms with van der Waals surface area (Å²) in [5, 5.41) is 0. The smallest absolute Gasteiger partial charge is 0.412 e. The normalized spacial score (nSPS) is 21.3. The highest BCUT2D eigenvalue weighted by Crippen LogP contribution is 2.32. The number of carbonyl (C=O) groups is 3. The quantitative estimate of drug-likeness (QED) is 0.540. The Kier molecular flexibility index (Phi) is 5.73. The minimum Gasteiger partial charge on any atom is -0.444 e. The first kappa shape index (κ1) is 22.0. The predicted molar refractivity (Wildman–Crippen MR) is 107 cm³/mol. The number of nitrogens with zero attached hydrogens (tertiary/aromatic N) is 2. The van der Waals surface area contributed by atoms with Crippen molar-refractivity contribution in [3.8, 4) is 0 Å². The number of benzene rings is 1. The van der Waals surface area contributed by atoms with Gasteiger partial charge >= 0.3 is 6.09 Å². The molecular weight excluding hydrogens is 391 g/mol. The fourth-order valence-electron chi connectivity index (χ4n) is 3.65. The van der Waals surface area contributed by atoms with E-state index in [4.69, 9.17) is 9.47 Å². The molecule has 8 heteroatoms. The van der Waals surface area contributed by atoms with E-state index < -0.39 is 35.2 Å². The number of rotatable bonds is 4. The Hall–Kier alpha value is -2.74. The van der Waals surface area contributed by atoms with E-state index in [1.165, 1.54) is 23.1 Å². The summed E-state index contributed by atoms with van der Waals surface area (Å²) in [5.74, 6) is -2.27. The lowest BCUT2D eigenvalue weighted by atomic mass is 10.1. The molecule has 1 aromatic rings. The monoisotopic (exact) mass is 418 g/mol. The van der Waals surface area contributed by atoms with E-state index in [1.54, 1.807) is 46.8 Å². The summed E-state index contributed by atoms with van der Waals surface area (Å²) >= 11 is 0. The SMILES string of the molecule is CC(C)(C)OC(=O)N1[C@@H](CCC=C(F)N2C(=O)c3ccccc3C2=O)COC1(C)C. The van der Waals surface area contributed by atoms with E-state index in [9.17, 15) is 18.8 Å². The van der Waals surface area contributed by atoms with Crippen LogP contribution in [0.4, 0.5) is 9.18 Å². The maximum atomic E-state index is 14.7. The topological polar surface area (TPSA) is 76.2 Å². The zero-order chi connectivity index (χ0) is 22.3. The number of fused-ring (bicyclic) bond motifs is 1. The Morgan fingerprint density at radius 1 is 1.23 bits per heavy atom. The van der Waals surface area contributed by atoms with E-state index in [-0.39, 0.29) is 30.2 Å². The Bertz CT molecular complexity index is 868. The molecule has 3 amide bonds. The third kappa shape index (κ3) is 4.23. The minimum absolute atomic E-state index is 0.188. The van der Waals surface area contributed by atoms with Crippen LogP contribution >= 0.6 is 0 Å². The zero-order valence-corrected chi connectivity index (χ0v) is 17.9. The van der Waals surface area contributed by atoms with Crippen LogP contribution in [0.15, 0.2) is 36.3 Å². The number of ether oxygens (including phenoxy) is 2. The van der Waals surface area contributed by atoms with Crippen LogP contribution in [-0.2, 0) is 9.47 Å². The van der Waals surface area contributed by atoms with Crippen LogP contribution in [0.2, 0.25) is 0 Å². The standard InChI is InChI=1S/C22H27FN2O5/c1-21(2,3)30-20(28)25-14(13-29-22(25,4)5)9-8-12-17(23)24-18(26)15-10-6-7-11-16(15)19(24)27/h6-7,10-12,14H,8-9,13H2,1-5H3/t14-/m0/s1. The lowest BCUT2D eigenvalue weighted by Crippen LogP contribution is -2.49. The van der Waals surface area contributed by atoms with Gasteiger partial charge in [-0.15, -0.1) is 0 Å². The van der Waals surface area contributed by atoms with Gasteiger partial charge in [0.05, 0.1) is 23.8 Å². The summed E-state index contributed by atoms with van der Waals surface area (Å²) in [6.07, 6.45) is 1.29. The highest BCUT2D eigenvalue weighted by molar-refractivity contribution is 6.22. The Morgan fingerprint density at radius 2 is 1.80 bits per heavy atom. The third-order valence-electron chi connectivity index (χ3n) is 4.98. The van der Waals surface area contributed by atoms with Crippen molar-refractivity contribution in [2.75, 3.05) is 6.61 Å². The highest BCUT2D eigenvalue weighted by Gasteiger charge is 2.45. The van der Waals surface area contributed by atoms with Crippen LogP contribution in [0, 0.1) is 0 Å². The first-order valence-electron chi connectivity index (χ1n) is 9.92. The van der Waals surface area contributed by atoms with Gasteiger partial charge in [-0.25, -0.2) is 9.69 Å². The highest BCUT2D eigenvalue weighted by atomic mass is 19.1. The molecule has 162 valence electrons. The fraction of sp³-hybridized carbons (Fsp3) is 0.500. The second-order valence-corrected chi connectivity index (χ2v) is 8.86. The van der Waals surface area contributed by atoms with E-state index >= 15 is 0 Å². The van der Waals surface area contributed by atoms with Crippen molar-refractivity contribution in [2.45, 2.75) is 64.8 Å². The summed E-state index contributed by atoms with van der Waals surface area (Å²) in [4.78, 5) is 39.4. The molecule has 1 aromatic carbocycles. The number of hydrogen-bond donors (Lipinski definition) is 0. The molecule has 0 spiro atoms. The van der Waals surface area contributed by atoms with Gasteiger partial charge in [0, 0.05) is 0 Å². The molecule has 0 radical (unpaired) electrons. The molecule has 1 fully saturated rings. The van der Waals surface area contributed by atoms with Crippen LogP contribution in [0.5, 0.6) is 0 Å². The molecule has 1 atom stereocenters. The van der Waals surface area contributed by atoms with Gasteiger partial charge in [0.1, 0.15) is 11.3 Å². The summed E-state index contributed by atoms with van der Waals surface area (Å²) in [6.45, 7) is 9.17. The number of imide groups is 1. The van der Waals surface area contributed by atoms with Crippen molar-refractivity contribution in [2.24, 2.45) is 0 Å².